The molecule has 0 bridgehead atoms. The number of carbonyl (C=O) groups is 1. The minimum Gasteiger partial charge on any atom is -0.312 e. The van der Waals surface area contributed by atoms with Crippen molar-refractivity contribution in [3.8, 4) is 0 Å². The average Bonchev–Trinajstić information content (AvgIpc) is 2.09. The minimum atomic E-state index is 0.383. The molecule has 0 aromatic carbocycles. The van der Waals surface area contributed by atoms with Gasteiger partial charge in [-0.25, -0.2) is 0 Å². The van der Waals surface area contributed by atoms with Crippen molar-refractivity contribution in [3.05, 3.63) is 16.8 Å². The highest BCUT2D eigenvalue weighted by Crippen LogP contribution is 2.14. The first-order valence-corrected chi connectivity index (χ1v) is 3.88. The van der Waals surface area contributed by atoms with Gasteiger partial charge >= 0.3 is 0 Å². The standard InChI is InChI=1S/C7H8ClN3O/c1-2-5-3-6(9-4-12)10-11-7(5)8/h3-4H,2H2,1H3,(H,9,10,12). The molecule has 1 amide bonds. The molecule has 1 heterocycles. The average molecular weight is 186 g/mol. The third kappa shape index (κ3) is 1.92. The van der Waals surface area contributed by atoms with Gasteiger partial charge in [0.2, 0.25) is 6.41 Å². The monoisotopic (exact) mass is 185 g/mol. The zero-order valence-electron chi connectivity index (χ0n) is 6.54. The number of anilines is 1. The number of rotatable bonds is 3. The van der Waals surface area contributed by atoms with Gasteiger partial charge in [-0.15, -0.1) is 10.2 Å². The van der Waals surface area contributed by atoms with Crippen LogP contribution in [0.15, 0.2) is 6.07 Å². The highest BCUT2D eigenvalue weighted by Gasteiger charge is 2.01. The van der Waals surface area contributed by atoms with Crippen molar-refractivity contribution < 1.29 is 4.79 Å². The number of carbonyl (C=O) groups excluding carboxylic acids is 1. The lowest BCUT2D eigenvalue weighted by atomic mass is 10.2. The van der Waals surface area contributed by atoms with Gasteiger partial charge < -0.3 is 5.32 Å². The van der Waals surface area contributed by atoms with Gasteiger partial charge in [-0.2, -0.15) is 0 Å². The molecule has 0 spiro atoms. The van der Waals surface area contributed by atoms with Crippen molar-refractivity contribution in [2.24, 2.45) is 0 Å². The molecule has 0 fully saturated rings. The molecule has 0 unspecified atom stereocenters. The van der Waals surface area contributed by atoms with Crippen LogP contribution in [0.3, 0.4) is 0 Å². The van der Waals surface area contributed by atoms with E-state index in [1.54, 1.807) is 6.07 Å². The fraction of sp³-hybridized carbons (Fsp3) is 0.286. The van der Waals surface area contributed by atoms with Crippen LogP contribution in [-0.2, 0) is 11.2 Å². The van der Waals surface area contributed by atoms with Crippen molar-refractivity contribution in [1.29, 1.82) is 0 Å². The van der Waals surface area contributed by atoms with Gasteiger partial charge in [0.1, 0.15) is 0 Å². The summed E-state index contributed by atoms with van der Waals surface area (Å²) in [5, 5.41) is 10.1. The number of nitrogens with one attached hydrogen (secondary N) is 1. The van der Waals surface area contributed by atoms with Crippen LogP contribution >= 0.6 is 11.6 Å². The lowest BCUT2D eigenvalue weighted by Crippen LogP contribution is -2.00. The summed E-state index contributed by atoms with van der Waals surface area (Å²) in [5.41, 5.74) is 0.871. The van der Waals surface area contributed by atoms with Gasteiger partial charge in [0.05, 0.1) is 0 Å². The van der Waals surface area contributed by atoms with Gasteiger partial charge in [0, 0.05) is 0 Å². The van der Waals surface area contributed by atoms with E-state index in [-0.39, 0.29) is 0 Å². The van der Waals surface area contributed by atoms with Crippen LogP contribution < -0.4 is 5.32 Å². The quantitative estimate of drug-likeness (QED) is 0.722. The second kappa shape index (κ2) is 4.01. The maximum atomic E-state index is 10.0. The van der Waals surface area contributed by atoms with E-state index in [0.29, 0.717) is 17.4 Å². The Hall–Kier alpha value is -1.16. The van der Waals surface area contributed by atoms with Crippen LogP contribution in [0.2, 0.25) is 5.15 Å². The Morgan fingerprint density at radius 3 is 3.00 bits per heavy atom. The molecule has 5 heteroatoms. The number of hydrogen-bond acceptors (Lipinski definition) is 3. The third-order valence-electron chi connectivity index (χ3n) is 1.41. The van der Waals surface area contributed by atoms with E-state index >= 15 is 0 Å². The first-order valence-electron chi connectivity index (χ1n) is 3.50. The van der Waals surface area contributed by atoms with Crippen molar-refractivity contribution in [3.63, 3.8) is 0 Å². The van der Waals surface area contributed by atoms with E-state index in [1.807, 2.05) is 6.92 Å². The SMILES string of the molecule is CCc1cc(NC=O)nnc1Cl. The van der Waals surface area contributed by atoms with E-state index < -0.39 is 0 Å². The molecule has 0 saturated carbocycles. The number of aryl methyl sites for hydroxylation is 1. The van der Waals surface area contributed by atoms with E-state index in [1.165, 1.54) is 0 Å². The molecule has 1 aromatic heterocycles. The van der Waals surface area contributed by atoms with Gasteiger partial charge in [-0.05, 0) is 18.1 Å². The highest BCUT2D eigenvalue weighted by molar-refractivity contribution is 6.30. The molecule has 1 aromatic rings. The van der Waals surface area contributed by atoms with Crippen molar-refractivity contribution >= 4 is 23.8 Å². The zero-order chi connectivity index (χ0) is 8.97. The molecule has 0 saturated heterocycles. The van der Waals surface area contributed by atoms with Crippen molar-refractivity contribution in [1.82, 2.24) is 10.2 Å². The Bertz CT molecular complexity index is 290. The summed E-state index contributed by atoms with van der Waals surface area (Å²) >= 11 is 5.71. The van der Waals surface area contributed by atoms with Gasteiger partial charge in [0.25, 0.3) is 0 Å². The fourth-order valence-corrected chi connectivity index (χ4v) is 1.02. The van der Waals surface area contributed by atoms with Gasteiger partial charge in [-0.1, -0.05) is 18.5 Å². The molecular weight excluding hydrogens is 178 g/mol. The topological polar surface area (TPSA) is 54.9 Å². The summed E-state index contributed by atoms with van der Waals surface area (Å²) in [6.07, 6.45) is 1.32. The fourth-order valence-electron chi connectivity index (χ4n) is 0.794. The molecular formula is C7H8ClN3O. The summed E-state index contributed by atoms with van der Waals surface area (Å²) in [4.78, 5) is 10.0. The Morgan fingerprint density at radius 2 is 2.42 bits per heavy atom. The Balaban J connectivity index is 2.96. The van der Waals surface area contributed by atoms with Crippen molar-refractivity contribution in [2.45, 2.75) is 13.3 Å². The Labute approximate surface area is 74.9 Å². The van der Waals surface area contributed by atoms with Crippen LogP contribution in [0.25, 0.3) is 0 Å². The zero-order valence-corrected chi connectivity index (χ0v) is 7.30. The number of aromatic nitrogens is 2. The number of halogens is 1. The molecule has 12 heavy (non-hydrogen) atoms. The predicted molar refractivity (Wildman–Crippen MR) is 46.1 cm³/mol. The van der Waals surface area contributed by atoms with Crippen LogP contribution in [-0.4, -0.2) is 16.6 Å². The Morgan fingerprint density at radius 1 is 1.67 bits per heavy atom. The van der Waals surface area contributed by atoms with Crippen LogP contribution in [0.4, 0.5) is 5.82 Å². The molecule has 4 nitrogen and oxygen atoms in total. The smallest absolute Gasteiger partial charge is 0.212 e. The molecule has 0 atom stereocenters. The molecule has 1 rings (SSSR count). The third-order valence-corrected chi connectivity index (χ3v) is 1.73. The van der Waals surface area contributed by atoms with E-state index in [9.17, 15) is 4.79 Å². The van der Waals surface area contributed by atoms with E-state index in [4.69, 9.17) is 11.6 Å². The summed E-state index contributed by atoms with van der Waals surface area (Å²) in [5.74, 6) is 0.422. The van der Waals surface area contributed by atoms with Crippen LogP contribution in [0.5, 0.6) is 0 Å². The lowest BCUT2D eigenvalue weighted by molar-refractivity contribution is -0.105. The maximum absolute atomic E-state index is 10.0. The number of hydrogen-bond donors (Lipinski definition) is 1. The van der Waals surface area contributed by atoms with Gasteiger partial charge in [0.15, 0.2) is 11.0 Å². The molecule has 0 aliphatic heterocycles. The predicted octanol–water partition coefficient (Wildman–Crippen LogP) is 1.26. The first-order chi connectivity index (χ1) is 5.77. The number of amides is 1. The van der Waals surface area contributed by atoms with Crippen LogP contribution in [0.1, 0.15) is 12.5 Å². The second-order valence-electron chi connectivity index (χ2n) is 2.16. The van der Waals surface area contributed by atoms with E-state index in [0.717, 1.165) is 12.0 Å². The summed E-state index contributed by atoms with van der Waals surface area (Å²) in [6, 6.07) is 1.70. The molecule has 0 radical (unpaired) electrons. The normalized spacial score (nSPS) is 9.50. The van der Waals surface area contributed by atoms with E-state index in [2.05, 4.69) is 15.5 Å². The largest absolute Gasteiger partial charge is 0.312 e. The second-order valence-corrected chi connectivity index (χ2v) is 2.52. The summed E-state index contributed by atoms with van der Waals surface area (Å²) < 4.78 is 0. The summed E-state index contributed by atoms with van der Waals surface area (Å²) in [6.45, 7) is 1.95. The number of nitrogens with zero attached hydrogens (tertiary/aromatic N) is 2. The van der Waals surface area contributed by atoms with Crippen molar-refractivity contribution in [2.75, 3.05) is 5.32 Å². The Kier molecular flexibility index (Phi) is 2.99. The summed E-state index contributed by atoms with van der Waals surface area (Å²) in [7, 11) is 0. The molecule has 1 N–H and O–H groups in total. The lowest BCUT2D eigenvalue weighted by Gasteiger charge is -2.00. The highest BCUT2D eigenvalue weighted by atomic mass is 35.5. The maximum Gasteiger partial charge on any atom is 0.212 e. The molecule has 0 aliphatic carbocycles. The van der Waals surface area contributed by atoms with Gasteiger partial charge in [-0.3, -0.25) is 4.79 Å². The molecule has 0 aliphatic rings. The molecule has 64 valence electrons. The minimum absolute atomic E-state index is 0.383. The first kappa shape index (κ1) is 8.93. The van der Waals surface area contributed by atoms with Crippen LogP contribution in [0, 0.1) is 0 Å².